The second-order valence-corrected chi connectivity index (χ2v) is 9.70. The number of methoxy groups -OCH3 is 1. The molecule has 0 saturated heterocycles. The maximum atomic E-state index is 13.2. The summed E-state index contributed by atoms with van der Waals surface area (Å²) in [4.78, 5) is 17.4. The molecule has 0 saturated carbocycles. The largest absolute Gasteiger partial charge is 0.493 e. The van der Waals surface area contributed by atoms with Crippen molar-refractivity contribution in [2.45, 2.75) is 25.7 Å². The molecule has 11 heteroatoms. The standard InChI is InChI=1S/C24H22ClN5O4S/c1-14-9-11-17(12-10-14)35(31,32)30-22-20(34-19-8-6-5-7-18(19)33-4)21(25)28-24(29-22)23-26-15(2)13-16(3)27-23/h5-13H,1-4H3,(H,28,29,30). The van der Waals surface area contributed by atoms with Crippen LogP contribution < -0.4 is 14.2 Å². The third kappa shape index (κ3) is 5.50. The molecule has 2 aromatic heterocycles. The molecule has 180 valence electrons. The Labute approximate surface area is 208 Å². The van der Waals surface area contributed by atoms with E-state index in [0.29, 0.717) is 22.9 Å². The smallest absolute Gasteiger partial charge is 0.263 e. The van der Waals surface area contributed by atoms with Gasteiger partial charge < -0.3 is 9.47 Å². The van der Waals surface area contributed by atoms with Crippen LogP contribution in [0.1, 0.15) is 17.0 Å². The van der Waals surface area contributed by atoms with E-state index in [1.807, 2.05) is 6.92 Å². The Balaban J connectivity index is 1.85. The van der Waals surface area contributed by atoms with Crippen molar-refractivity contribution in [3.63, 3.8) is 0 Å². The monoisotopic (exact) mass is 511 g/mol. The van der Waals surface area contributed by atoms with Crippen molar-refractivity contribution in [3.8, 4) is 28.9 Å². The Bertz CT molecular complexity index is 1470. The summed E-state index contributed by atoms with van der Waals surface area (Å²) >= 11 is 6.50. The number of hydrogen-bond donors (Lipinski definition) is 1. The zero-order valence-electron chi connectivity index (χ0n) is 19.4. The number of rotatable bonds is 7. The van der Waals surface area contributed by atoms with Gasteiger partial charge in [0.1, 0.15) is 0 Å². The van der Waals surface area contributed by atoms with Gasteiger partial charge in [0.05, 0.1) is 12.0 Å². The van der Waals surface area contributed by atoms with Crippen LogP contribution in [0.15, 0.2) is 59.5 Å². The number of aryl methyl sites for hydroxylation is 3. The Morgan fingerprint density at radius 3 is 2.06 bits per heavy atom. The van der Waals surface area contributed by atoms with Crippen LogP contribution in [0, 0.1) is 20.8 Å². The van der Waals surface area contributed by atoms with Gasteiger partial charge in [-0.15, -0.1) is 0 Å². The Morgan fingerprint density at radius 2 is 1.43 bits per heavy atom. The topological polar surface area (TPSA) is 116 Å². The van der Waals surface area contributed by atoms with Gasteiger partial charge in [0.25, 0.3) is 10.0 Å². The van der Waals surface area contributed by atoms with Crippen molar-refractivity contribution in [2.24, 2.45) is 0 Å². The molecule has 0 amide bonds. The summed E-state index contributed by atoms with van der Waals surface area (Å²) in [5, 5.41) is -0.134. The van der Waals surface area contributed by atoms with E-state index in [2.05, 4.69) is 24.7 Å². The fourth-order valence-electron chi connectivity index (χ4n) is 3.23. The molecule has 35 heavy (non-hydrogen) atoms. The van der Waals surface area contributed by atoms with Crippen LogP contribution in [0.3, 0.4) is 0 Å². The molecule has 0 aliphatic carbocycles. The van der Waals surface area contributed by atoms with Crippen molar-refractivity contribution in [3.05, 3.63) is 76.7 Å². The van der Waals surface area contributed by atoms with Crippen molar-refractivity contribution in [1.29, 1.82) is 0 Å². The average Bonchev–Trinajstić information content (AvgIpc) is 2.81. The lowest BCUT2D eigenvalue weighted by Crippen LogP contribution is -2.16. The van der Waals surface area contributed by atoms with Crippen molar-refractivity contribution in [2.75, 3.05) is 11.8 Å². The highest BCUT2D eigenvalue weighted by molar-refractivity contribution is 7.92. The van der Waals surface area contributed by atoms with Crippen LogP contribution >= 0.6 is 11.6 Å². The third-order valence-electron chi connectivity index (χ3n) is 4.85. The SMILES string of the molecule is COc1ccccc1Oc1c(Cl)nc(-c2nc(C)cc(C)n2)nc1NS(=O)(=O)c1ccc(C)cc1. The van der Waals surface area contributed by atoms with E-state index in [1.54, 1.807) is 56.3 Å². The van der Waals surface area contributed by atoms with Gasteiger partial charge in [0.2, 0.25) is 11.6 Å². The van der Waals surface area contributed by atoms with Crippen LogP contribution in [-0.2, 0) is 10.0 Å². The number of aromatic nitrogens is 4. The van der Waals surface area contributed by atoms with Gasteiger partial charge in [-0.1, -0.05) is 41.4 Å². The van der Waals surface area contributed by atoms with E-state index >= 15 is 0 Å². The van der Waals surface area contributed by atoms with Gasteiger partial charge in [-0.2, -0.15) is 0 Å². The van der Waals surface area contributed by atoms with E-state index in [1.165, 1.54) is 19.2 Å². The zero-order valence-corrected chi connectivity index (χ0v) is 21.0. The molecule has 0 spiro atoms. The highest BCUT2D eigenvalue weighted by atomic mass is 35.5. The fraction of sp³-hybridized carbons (Fsp3) is 0.167. The number of nitrogens with one attached hydrogen (secondary N) is 1. The first-order valence-corrected chi connectivity index (χ1v) is 12.3. The van der Waals surface area contributed by atoms with Crippen molar-refractivity contribution >= 4 is 27.4 Å². The van der Waals surface area contributed by atoms with Gasteiger partial charge in [-0.05, 0) is 51.1 Å². The number of benzene rings is 2. The minimum atomic E-state index is -4.04. The molecule has 0 atom stereocenters. The molecule has 2 heterocycles. The quantitative estimate of drug-likeness (QED) is 0.340. The molecule has 1 N–H and O–H groups in total. The van der Waals surface area contributed by atoms with E-state index in [4.69, 9.17) is 21.1 Å². The molecule has 9 nitrogen and oxygen atoms in total. The van der Waals surface area contributed by atoms with E-state index in [9.17, 15) is 8.42 Å². The number of halogens is 1. The summed E-state index contributed by atoms with van der Waals surface area (Å²) < 4.78 is 40.1. The lowest BCUT2D eigenvalue weighted by molar-refractivity contribution is 0.378. The van der Waals surface area contributed by atoms with Crippen LogP contribution in [0.2, 0.25) is 5.15 Å². The van der Waals surface area contributed by atoms with Gasteiger partial charge in [-0.3, -0.25) is 4.72 Å². The van der Waals surface area contributed by atoms with Crippen LogP contribution in [0.5, 0.6) is 17.2 Å². The Kier molecular flexibility index (Phi) is 6.86. The second kappa shape index (κ2) is 9.85. The summed E-state index contributed by atoms with van der Waals surface area (Å²) in [5.41, 5.74) is 2.31. The lowest BCUT2D eigenvalue weighted by atomic mass is 10.2. The van der Waals surface area contributed by atoms with Crippen LogP contribution in [0.4, 0.5) is 5.82 Å². The van der Waals surface area contributed by atoms with Crippen LogP contribution in [0.25, 0.3) is 11.6 Å². The molecule has 0 unspecified atom stereocenters. The molecule has 0 bridgehead atoms. The highest BCUT2D eigenvalue weighted by Crippen LogP contribution is 2.39. The first-order chi connectivity index (χ1) is 16.7. The third-order valence-corrected chi connectivity index (χ3v) is 6.46. The molecule has 0 aliphatic rings. The lowest BCUT2D eigenvalue weighted by Gasteiger charge is -2.16. The Morgan fingerprint density at radius 1 is 0.829 bits per heavy atom. The molecule has 0 radical (unpaired) electrons. The number of hydrogen-bond acceptors (Lipinski definition) is 8. The number of anilines is 1. The first kappa shape index (κ1) is 24.4. The number of nitrogens with zero attached hydrogens (tertiary/aromatic N) is 4. The highest BCUT2D eigenvalue weighted by Gasteiger charge is 2.24. The van der Waals surface area contributed by atoms with Gasteiger partial charge >= 0.3 is 0 Å². The first-order valence-electron chi connectivity index (χ1n) is 10.5. The Hall–Kier alpha value is -3.76. The normalized spacial score (nSPS) is 11.2. The minimum absolute atomic E-state index is 0.0378. The van der Waals surface area contributed by atoms with Gasteiger partial charge in [0.15, 0.2) is 28.3 Å². The maximum absolute atomic E-state index is 13.2. The van der Waals surface area contributed by atoms with E-state index in [0.717, 1.165) is 5.56 Å². The number of para-hydroxylation sites is 2. The molecule has 0 fully saturated rings. The summed E-state index contributed by atoms with van der Waals surface area (Å²) in [7, 11) is -2.56. The molecule has 0 aliphatic heterocycles. The summed E-state index contributed by atoms with van der Waals surface area (Å²) in [5.74, 6) is 0.679. The molecular weight excluding hydrogens is 490 g/mol. The molecule has 4 rings (SSSR count). The molecular formula is C24H22ClN5O4S. The average molecular weight is 512 g/mol. The molecule has 2 aromatic carbocycles. The van der Waals surface area contributed by atoms with E-state index < -0.39 is 10.0 Å². The second-order valence-electron chi connectivity index (χ2n) is 7.66. The predicted molar refractivity (Wildman–Crippen MR) is 133 cm³/mol. The predicted octanol–water partition coefficient (Wildman–Crippen LogP) is 5.11. The summed E-state index contributed by atoms with van der Waals surface area (Å²) in [6, 6.07) is 15.0. The van der Waals surface area contributed by atoms with Gasteiger partial charge in [-0.25, -0.2) is 28.4 Å². The van der Waals surface area contributed by atoms with Crippen molar-refractivity contribution in [1.82, 2.24) is 19.9 Å². The maximum Gasteiger partial charge on any atom is 0.263 e. The fourth-order valence-corrected chi connectivity index (χ4v) is 4.44. The summed E-state index contributed by atoms with van der Waals surface area (Å²) in [6.07, 6.45) is 0. The van der Waals surface area contributed by atoms with Crippen LogP contribution in [-0.4, -0.2) is 35.5 Å². The number of ether oxygens (including phenoxy) is 2. The summed E-state index contributed by atoms with van der Waals surface area (Å²) in [6.45, 7) is 5.48. The van der Waals surface area contributed by atoms with E-state index in [-0.39, 0.29) is 33.3 Å². The molecule has 4 aromatic rings. The zero-order chi connectivity index (χ0) is 25.2. The van der Waals surface area contributed by atoms with Crippen molar-refractivity contribution < 1.29 is 17.9 Å². The van der Waals surface area contributed by atoms with Gasteiger partial charge in [0, 0.05) is 11.4 Å². The number of sulfonamides is 1. The minimum Gasteiger partial charge on any atom is -0.493 e.